The molecule has 1 aliphatic heterocycles. The predicted molar refractivity (Wildman–Crippen MR) is 97.2 cm³/mol. The Kier molecular flexibility index (Phi) is 4.28. The Hall–Kier alpha value is -2.96. The molecule has 1 fully saturated rings. The number of carbonyl (C=O) groups is 1. The Balaban J connectivity index is 1.50. The van der Waals surface area contributed by atoms with Crippen LogP contribution >= 0.6 is 0 Å². The number of nitrogens with zero attached hydrogens (tertiary/aromatic N) is 6. The summed E-state index contributed by atoms with van der Waals surface area (Å²) in [6.45, 7) is 3.48. The van der Waals surface area contributed by atoms with Gasteiger partial charge in [0.1, 0.15) is 5.82 Å². The van der Waals surface area contributed by atoms with Crippen molar-refractivity contribution >= 4 is 5.91 Å². The molecule has 0 spiro atoms. The van der Waals surface area contributed by atoms with E-state index in [-0.39, 0.29) is 11.8 Å². The first kappa shape index (κ1) is 16.5. The van der Waals surface area contributed by atoms with Crippen molar-refractivity contribution in [1.29, 1.82) is 0 Å². The van der Waals surface area contributed by atoms with Gasteiger partial charge in [-0.3, -0.25) is 4.79 Å². The highest BCUT2D eigenvalue weighted by Gasteiger charge is 2.28. The summed E-state index contributed by atoms with van der Waals surface area (Å²) < 4.78 is 3.75. The summed E-state index contributed by atoms with van der Waals surface area (Å²) in [4.78, 5) is 23.8. The summed E-state index contributed by atoms with van der Waals surface area (Å²) in [5.74, 6) is 2.07. The van der Waals surface area contributed by atoms with Crippen molar-refractivity contribution in [1.82, 2.24) is 29.2 Å². The molecule has 3 aromatic heterocycles. The SMILES string of the molecule is Cc1cn(C)c([C@@H]2CCCN(C(=O)c3ccc(-n4cccn4)nc3)C2)n1. The van der Waals surface area contributed by atoms with E-state index >= 15 is 0 Å². The van der Waals surface area contributed by atoms with Crippen molar-refractivity contribution in [2.75, 3.05) is 13.1 Å². The van der Waals surface area contributed by atoms with Gasteiger partial charge < -0.3 is 9.47 Å². The van der Waals surface area contributed by atoms with Gasteiger partial charge in [0.05, 0.1) is 11.3 Å². The molecular formula is C19H22N6O. The van der Waals surface area contributed by atoms with Crippen LogP contribution in [0.4, 0.5) is 0 Å². The molecule has 4 rings (SSSR count). The zero-order chi connectivity index (χ0) is 18.1. The van der Waals surface area contributed by atoms with Gasteiger partial charge in [-0.1, -0.05) is 0 Å². The average Bonchev–Trinajstić information content (AvgIpc) is 3.31. The molecule has 0 bridgehead atoms. The van der Waals surface area contributed by atoms with Gasteiger partial charge in [-0.15, -0.1) is 0 Å². The normalized spacial score (nSPS) is 17.5. The van der Waals surface area contributed by atoms with Gasteiger partial charge in [0.15, 0.2) is 5.82 Å². The fraction of sp³-hybridized carbons (Fsp3) is 0.368. The van der Waals surface area contributed by atoms with Crippen LogP contribution in [0, 0.1) is 6.92 Å². The predicted octanol–water partition coefficient (Wildman–Crippen LogP) is 2.33. The van der Waals surface area contributed by atoms with Crippen LogP contribution in [-0.2, 0) is 7.05 Å². The molecule has 0 saturated carbocycles. The van der Waals surface area contributed by atoms with Crippen LogP contribution in [-0.4, -0.2) is 48.2 Å². The molecule has 0 aliphatic carbocycles. The number of hydrogen-bond acceptors (Lipinski definition) is 4. The fourth-order valence-corrected chi connectivity index (χ4v) is 3.62. The van der Waals surface area contributed by atoms with E-state index in [1.807, 2.05) is 49.5 Å². The standard InChI is InChI=1S/C19H22N6O/c1-14-12-23(2)18(22-14)16-5-3-9-24(13-16)19(26)15-6-7-17(20-11-15)25-10-4-8-21-25/h4,6-8,10-12,16H,3,5,9,13H2,1-2H3/t16-/m1/s1. The third-order valence-electron chi connectivity index (χ3n) is 4.84. The summed E-state index contributed by atoms with van der Waals surface area (Å²) >= 11 is 0. The van der Waals surface area contributed by atoms with E-state index in [1.54, 1.807) is 17.1 Å². The van der Waals surface area contributed by atoms with Crippen molar-refractivity contribution in [3.05, 3.63) is 60.1 Å². The Morgan fingerprint density at radius 2 is 2.19 bits per heavy atom. The molecule has 0 radical (unpaired) electrons. The highest BCUT2D eigenvalue weighted by molar-refractivity contribution is 5.94. The van der Waals surface area contributed by atoms with E-state index in [0.29, 0.717) is 17.9 Å². The maximum Gasteiger partial charge on any atom is 0.255 e. The Morgan fingerprint density at radius 1 is 1.31 bits per heavy atom. The summed E-state index contributed by atoms with van der Waals surface area (Å²) in [5.41, 5.74) is 1.63. The monoisotopic (exact) mass is 350 g/mol. The number of likely N-dealkylation sites (tertiary alicyclic amines) is 1. The van der Waals surface area contributed by atoms with Crippen molar-refractivity contribution in [2.45, 2.75) is 25.7 Å². The second-order valence-electron chi connectivity index (χ2n) is 6.80. The van der Waals surface area contributed by atoms with Crippen molar-refractivity contribution in [2.24, 2.45) is 7.05 Å². The fourth-order valence-electron chi connectivity index (χ4n) is 3.62. The summed E-state index contributed by atoms with van der Waals surface area (Å²) in [5, 5.41) is 4.15. The Labute approximate surface area is 152 Å². The van der Waals surface area contributed by atoms with E-state index in [0.717, 1.165) is 30.9 Å². The summed E-state index contributed by atoms with van der Waals surface area (Å²) in [6.07, 6.45) is 9.25. The molecule has 1 saturated heterocycles. The lowest BCUT2D eigenvalue weighted by Crippen LogP contribution is -2.39. The quantitative estimate of drug-likeness (QED) is 0.727. The van der Waals surface area contributed by atoms with Crippen molar-refractivity contribution in [3.8, 4) is 5.82 Å². The minimum absolute atomic E-state index is 0.0279. The van der Waals surface area contributed by atoms with Gasteiger partial charge in [0.2, 0.25) is 0 Å². The number of carbonyl (C=O) groups excluding carboxylic acids is 1. The highest BCUT2D eigenvalue weighted by Crippen LogP contribution is 2.27. The molecular weight excluding hydrogens is 328 g/mol. The minimum Gasteiger partial charge on any atom is -0.338 e. The average molecular weight is 350 g/mol. The molecule has 1 aliphatic rings. The topological polar surface area (TPSA) is 68.8 Å². The van der Waals surface area contributed by atoms with Gasteiger partial charge in [-0.2, -0.15) is 5.10 Å². The second kappa shape index (κ2) is 6.74. The first-order chi connectivity index (χ1) is 12.6. The lowest BCUT2D eigenvalue weighted by atomic mass is 9.96. The van der Waals surface area contributed by atoms with E-state index in [4.69, 9.17) is 0 Å². The molecule has 1 amide bonds. The van der Waals surface area contributed by atoms with Crippen LogP contribution in [0.1, 0.15) is 40.6 Å². The Morgan fingerprint density at radius 3 is 2.85 bits per heavy atom. The molecule has 26 heavy (non-hydrogen) atoms. The van der Waals surface area contributed by atoms with E-state index in [9.17, 15) is 4.79 Å². The van der Waals surface area contributed by atoms with E-state index < -0.39 is 0 Å². The number of pyridine rings is 1. The Bertz CT molecular complexity index is 897. The molecule has 3 aromatic rings. The van der Waals surface area contributed by atoms with E-state index in [2.05, 4.69) is 19.6 Å². The first-order valence-corrected chi connectivity index (χ1v) is 8.87. The molecule has 0 N–H and O–H groups in total. The lowest BCUT2D eigenvalue weighted by Gasteiger charge is -2.32. The number of piperidine rings is 1. The maximum atomic E-state index is 12.9. The second-order valence-corrected chi connectivity index (χ2v) is 6.80. The third kappa shape index (κ3) is 3.12. The number of aromatic nitrogens is 5. The zero-order valence-electron chi connectivity index (χ0n) is 15.0. The lowest BCUT2D eigenvalue weighted by molar-refractivity contribution is 0.0703. The van der Waals surface area contributed by atoms with Crippen LogP contribution < -0.4 is 0 Å². The number of imidazole rings is 1. The number of aryl methyl sites for hydroxylation is 2. The number of rotatable bonds is 3. The van der Waals surface area contributed by atoms with Gasteiger partial charge in [-0.25, -0.2) is 14.6 Å². The summed E-state index contributed by atoms with van der Waals surface area (Å²) in [6, 6.07) is 5.48. The minimum atomic E-state index is 0.0279. The summed E-state index contributed by atoms with van der Waals surface area (Å²) in [7, 11) is 2.02. The van der Waals surface area contributed by atoms with Gasteiger partial charge in [0, 0.05) is 50.8 Å². The van der Waals surface area contributed by atoms with Gasteiger partial charge in [0.25, 0.3) is 5.91 Å². The number of hydrogen-bond donors (Lipinski definition) is 0. The van der Waals surface area contributed by atoms with Crippen LogP contribution in [0.3, 0.4) is 0 Å². The van der Waals surface area contributed by atoms with Gasteiger partial charge in [-0.05, 0) is 38.0 Å². The van der Waals surface area contributed by atoms with E-state index in [1.165, 1.54) is 0 Å². The molecule has 0 aromatic carbocycles. The smallest absolute Gasteiger partial charge is 0.255 e. The number of amides is 1. The molecule has 0 unspecified atom stereocenters. The molecule has 7 nitrogen and oxygen atoms in total. The van der Waals surface area contributed by atoms with Crippen LogP contribution in [0.5, 0.6) is 0 Å². The molecule has 134 valence electrons. The molecule has 1 atom stereocenters. The molecule has 7 heteroatoms. The van der Waals surface area contributed by atoms with Gasteiger partial charge >= 0.3 is 0 Å². The first-order valence-electron chi connectivity index (χ1n) is 8.87. The highest BCUT2D eigenvalue weighted by atomic mass is 16.2. The largest absolute Gasteiger partial charge is 0.338 e. The van der Waals surface area contributed by atoms with Crippen molar-refractivity contribution in [3.63, 3.8) is 0 Å². The molecule has 4 heterocycles. The zero-order valence-corrected chi connectivity index (χ0v) is 15.0. The van der Waals surface area contributed by atoms with Crippen LogP contribution in [0.2, 0.25) is 0 Å². The van der Waals surface area contributed by atoms with Crippen molar-refractivity contribution < 1.29 is 4.79 Å². The van der Waals surface area contributed by atoms with Crippen LogP contribution in [0.25, 0.3) is 5.82 Å². The maximum absolute atomic E-state index is 12.9. The third-order valence-corrected chi connectivity index (χ3v) is 4.84. The van der Waals surface area contributed by atoms with Crippen LogP contribution in [0.15, 0.2) is 43.0 Å².